The Labute approximate surface area is 153 Å². The van der Waals surface area contributed by atoms with Crippen LogP contribution in [-0.4, -0.2) is 29.9 Å². The van der Waals surface area contributed by atoms with Gasteiger partial charge in [-0.2, -0.15) is 0 Å². The van der Waals surface area contributed by atoms with Gasteiger partial charge in [-0.25, -0.2) is 0 Å². The van der Waals surface area contributed by atoms with Gasteiger partial charge in [-0.1, -0.05) is 47.5 Å². The van der Waals surface area contributed by atoms with Crippen LogP contribution in [0.2, 0.25) is 5.02 Å². The first kappa shape index (κ1) is 19.0. The summed E-state index contributed by atoms with van der Waals surface area (Å²) in [6.07, 6.45) is 0.159. The molecule has 0 unspecified atom stereocenters. The fourth-order valence-corrected chi connectivity index (χ4v) is 2.62. The van der Waals surface area contributed by atoms with E-state index >= 15 is 0 Å². The third-order valence-corrected chi connectivity index (χ3v) is 3.98. The highest BCUT2D eigenvalue weighted by Crippen LogP contribution is 2.15. The molecule has 2 aromatic carbocycles. The normalized spacial score (nSPS) is 10.4. The van der Waals surface area contributed by atoms with E-state index < -0.39 is 0 Å². The molecule has 0 N–H and O–H groups in total. The van der Waals surface area contributed by atoms with Gasteiger partial charge in [-0.3, -0.25) is 9.59 Å². The van der Waals surface area contributed by atoms with Crippen LogP contribution in [0.3, 0.4) is 0 Å². The topological polar surface area (TPSA) is 46.6 Å². The number of carbonyl (C=O) groups excluding carboxylic acids is 2. The number of ether oxygens (including phenoxy) is 1. The molecule has 0 fully saturated rings. The lowest BCUT2D eigenvalue weighted by Gasteiger charge is -2.23. The molecule has 4 nitrogen and oxygen atoms in total. The largest absolute Gasteiger partial charge is 0.466 e. The Hall–Kier alpha value is -2.33. The molecule has 0 bridgehead atoms. The molecule has 0 saturated carbocycles. The van der Waals surface area contributed by atoms with Gasteiger partial charge in [-0.15, -0.1) is 0 Å². The van der Waals surface area contributed by atoms with Crippen molar-refractivity contribution in [3.8, 4) is 0 Å². The highest BCUT2D eigenvalue weighted by molar-refractivity contribution is 6.30. The molecule has 0 saturated heterocycles. The average Bonchev–Trinajstić information content (AvgIpc) is 2.60. The Kier molecular flexibility index (Phi) is 7.02. The second kappa shape index (κ2) is 9.23. The number of amides is 1. The minimum absolute atomic E-state index is 0.159. The highest BCUT2D eigenvalue weighted by atomic mass is 35.5. The van der Waals surface area contributed by atoms with Crippen LogP contribution in [0.4, 0.5) is 0 Å². The van der Waals surface area contributed by atoms with E-state index in [-0.39, 0.29) is 24.8 Å². The highest BCUT2D eigenvalue weighted by Gasteiger charge is 2.18. The minimum Gasteiger partial charge on any atom is -0.466 e. The molecule has 25 heavy (non-hydrogen) atoms. The van der Waals surface area contributed by atoms with E-state index in [1.54, 1.807) is 36.1 Å². The molecular formula is C20H22ClNO3. The van der Waals surface area contributed by atoms with Crippen LogP contribution in [0, 0.1) is 6.92 Å². The first-order chi connectivity index (χ1) is 12.0. The minimum atomic E-state index is -0.310. The van der Waals surface area contributed by atoms with Gasteiger partial charge in [0.15, 0.2) is 0 Å². The number of carbonyl (C=O) groups is 2. The van der Waals surface area contributed by atoms with Crippen LogP contribution < -0.4 is 0 Å². The molecule has 5 heteroatoms. The maximum atomic E-state index is 12.9. The van der Waals surface area contributed by atoms with E-state index in [4.69, 9.17) is 16.3 Å². The number of hydrogen-bond acceptors (Lipinski definition) is 3. The Morgan fingerprint density at radius 2 is 1.84 bits per heavy atom. The van der Waals surface area contributed by atoms with Gasteiger partial charge in [0, 0.05) is 23.7 Å². The monoisotopic (exact) mass is 359 g/mol. The predicted octanol–water partition coefficient (Wildman–Crippen LogP) is 4.24. The zero-order valence-electron chi connectivity index (χ0n) is 14.5. The summed E-state index contributed by atoms with van der Waals surface area (Å²) in [5, 5.41) is 0.506. The van der Waals surface area contributed by atoms with Gasteiger partial charge < -0.3 is 9.64 Å². The standard InChI is InChI=1S/C20H22ClNO3/c1-3-25-19(23)11-12-22(14-16-9-7-15(2)8-10-16)20(24)17-5-4-6-18(21)13-17/h4-10,13H,3,11-12,14H2,1-2H3. The van der Waals surface area contributed by atoms with Crippen LogP contribution in [0.1, 0.15) is 34.8 Å². The third kappa shape index (κ3) is 5.91. The SMILES string of the molecule is CCOC(=O)CCN(Cc1ccc(C)cc1)C(=O)c1cccc(Cl)c1. The molecule has 0 atom stereocenters. The van der Waals surface area contributed by atoms with Gasteiger partial charge >= 0.3 is 5.97 Å². The smallest absolute Gasteiger partial charge is 0.307 e. The van der Waals surface area contributed by atoms with Gasteiger partial charge in [0.25, 0.3) is 5.91 Å². The number of aryl methyl sites for hydroxylation is 1. The Morgan fingerprint density at radius 1 is 1.12 bits per heavy atom. The lowest BCUT2D eigenvalue weighted by molar-refractivity contribution is -0.143. The van der Waals surface area contributed by atoms with E-state index in [1.807, 2.05) is 31.2 Å². The number of halogens is 1. The first-order valence-corrected chi connectivity index (χ1v) is 8.63. The summed E-state index contributed by atoms with van der Waals surface area (Å²) in [5.74, 6) is -0.470. The molecule has 132 valence electrons. The molecule has 0 heterocycles. The van der Waals surface area contributed by atoms with Gasteiger partial charge in [0.05, 0.1) is 13.0 Å². The maximum absolute atomic E-state index is 12.9. The molecule has 0 radical (unpaired) electrons. The van der Waals surface area contributed by atoms with Crippen molar-refractivity contribution in [1.82, 2.24) is 4.90 Å². The van der Waals surface area contributed by atoms with Crippen molar-refractivity contribution in [1.29, 1.82) is 0 Å². The number of rotatable bonds is 7. The molecule has 2 aromatic rings. The van der Waals surface area contributed by atoms with Crippen molar-refractivity contribution in [3.63, 3.8) is 0 Å². The number of benzene rings is 2. The molecule has 1 amide bonds. The van der Waals surface area contributed by atoms with Crippen molar-refractivity contribution >= 4 is 23.5 Å². The zero-order chi connectivity index (χ0) is 18.2. The van der Waals surface area contributed by atoms with E-state index in [0.717, 1.165) is 11.1 Å². The fraction of sp³-hybridized carbons (Fsp3) is 0.300. The summed E-state index contributed by atoms with van der Waals surface area (Å²) in [4.78, 5) is 26.2. The van der Waals surface area contributed by atoms with E-state index in [9.17, 15) is 9.59 Å². The van der Waals surface area contributed by atoms with Crippen LogP contribution >= 0.6 is 11.6 Å². The van der Waals surface area contributed by atoms with Crippen LogP contribution in [-0.2, 0) is 16.1 Å². The summed E-state index contributed by atoms with van der Waals surface area (Å²) >= 11 is 6.00. The molecule has 0 aliphatic rings. The average molecular weight is 360 g/mol. The fourth-order valence-electron chi connectivity index (χ4n) is 2.43. The van der Waals surface area contributed by atoms with Gasteiger partial charge in [0.2, 0.25) is 0 Å². The second-order valence-corrected chi connectivity index (χ2v) is 6.21. The zero-order valence-corrected chi connectivity index (χ0v) is 15.3. The number of esters is 1. The van der Waals surface area contributed by atoms with E-state index in [0.29, 0.717) is 23.7 Å². The van der Waals surface area contributed by atoms with Gasteiger partial charge in [-0.05, 0) is 37.6 Å². The van der Waals surface area contributed by atoms with Crippen LogP contribution in [0.5, 0.6) is 0 Å². The van der Waals surface area contributed by atoms with E-state index in [1.165, 1.54) is 0 Å². The maximum Gasteiger partial charge on any atom is 0.307 e. The first-order valence-electron chi connectivity index (χ1n) is 8.25. The molecule has 2 rings (SSSR count). The Morgan fingerprint density at radius 3 is 2.48 bits per heavy atom. The summed E-state index contributed by atoms with van der Waals surface area (Å²) in [7, 11) is 0. The van der Waals surface area contributed by atoms with Gasteiger partial charge in [0.1, 0.15) is 0 Å². The number of hydrogen-bond donors (Lipinski definition) is 0. The molecule has 0 aromatic heterocycles. The Bertz CT molecular complexity index is 728. The summed E-state index contributed by atoms with van der Waals surface area (Å²) in [5.41, 5.74) is 2.66. The quantitative estimate of drug-likeness (QED) is 0.694. The van der Waals surface area contributed by atoms with Crippen LogP contribution in [0.25, 0.3) is 0 Å². The predicted molar refractivity (Wildman–Crippen MR) is 98.6 cm³/mol. The van der Waals surface area contributed by atoms with Crippen molar-refractivity contribution in [2.75, 3.05) is 13.2 Å². The number of nitrogens with zero attached hydrogens (tertiary/aromatic N) is 1. The summed E-state index contributed by atoms with van der Waals surface area (Å²) in [6.45, 7) is 4.82. The Balaban J connectivity index is 2.16. The summed E-state index contributed by atoms with van der Waals surface area (Å²) in [6, 6.07) is 14.8. The lowest BCUT2D eigenvalue weighted by atomic mass is 10.1. The lowest BCUT2D eigenvalue weighted by Crippen LogP contribution is -2.33. The van der Waals surface area contributed by atoms with E-state index in [2.05, 4.69) is 0 Å². The molecule has 0 spiro atoms. The van der Waals surface area contributed by atoms with Crippen molar-refractivity contribution < 1.29 is 14.3 Å². The second-order valence-electron chi connectivity index (χ2n) is 5.78. The molecular weight excluding hydrogens is 338 g/mol. The van der Waals surface area contributed by atoms with Crippen molar-refractivity contribution in [2.45, 2.75) is 26.8 Å². The summed E-state index contributed by atoms with van der Waals surface area (Å²) < 4.78 is 4.96. The van der Waals surface area contributed by atoms with Crippen molar-refractivity contribution in [3.05, 3.63) is 70.2 Å². The molecule has 0 aliphatic heterocycles. The van der Waals surface area contributed by atoms with Crippen LogP contribution in [0.15, 0.2) is 48.5 Å². The molecule has 0 aliphatic carbocycles. The third-order valence-electron chi connectivity index (χ3n) is 3.74. The van der Waals surface area contributed by atoms with Crippen molar-refractivity contribution in [2.24, 2.45) is 0 Å².